The van der Waals surface area contributed by atoms with Crippen molar-refractivity contribution in [1.29, 1.82) is 0 Å². The van der Waals surface area contributed by atoms with Crippen molar-refractivity contribution in [2.24, 2.45) is 5.73 Å². The van der Waals surface area contributed by atoms with Gasteiger partial charge in [-0.15, -0.1) is 11.3 Å². The number of nitrogens with zero attached hydrogens (tertiary/aromatic N) is 1. The number of thiazole rings is 1. The number of amides is 1. The summed E-state index contributed by atoms with van der Waals surface area (Å²) in [6, 6.07) is 2.57. The van der Waals surface area contributed by atoms with Crippen LogP contribution in [0, 0.1) is 17.7 Å². The van der Waals surface area contributed by atoms with Gasteiger partial charge in [-0.3, -0.25) is 4.79 Å². The Hall–Kier alpha value is -2.47. The minimum atomic E-state index is -1.42. The lowest BCUT2D eigenvalue weighted by Gasteiger charge is -2.19. The monoisotopic (exact) mass is 362 g/mol. The van der Waals surface area contributed by atoms with Crippen molar-refractivity contribution < 1.29 is 24.1 Å². The molecule has 0 saturated carbocycles. The van der Waals surface area contributed by atoms with E-state index in [4.69, 9.17) is 10.5 Å². The molecule has 1 aliphatic rings. The molecule has 0 radical (unpaired) electrons. The molecule has 0 fully saturated rings. The Morgan fingerprint density at radius 3 is 2.92 bits per heavy atom. The van der Waals surface area contributed by atoms with Crippen molar-refractivity contribution in [1.82, 2.24) is 4.98 Å². The van der Waals surface area contributed by atoms with Gasteiger partial charge >= 0.3 is 0 Å². The van der Waals surface area contributed by atoms with Crippen molar-refractivity contribution in [3.05, 3.63) is 33.4 Å². The maximum absolute atomic E-state index is 14.2. The van der Waals surface area contributed by atoms with Gasteiger partial charge in [0.25, 0.3) is 5.91 Å². The lowest BCUT2D eigenvalue weighted by Crippen LogP contribution is -2.27. The predicted octanol–water partition coefficient (Wildman–Crippen LogP) is 1.38. The number of hydrogen-bond donors (Lipinski definition) is 3. The van der Waals surface area contributed by atoms with Crippen molar-refractivity contribution >= 4 is 17.2 Å². The maximum Gasteiger partial charge on any atom is 0.277 e. The molecule has 2 aromatic rings. The molecule has 6 nitrogen and oxygen atoms in total. The summed E-state index contributed by atoms with van der Waals surface area (Å²) in [5.41, 5.74) is 4.62. The van der Waals surface area contributed by atoms with Crippen LogP contribution in [0.15, 0.2) is 12.1 Å². The lowest BCUT2D eigenvalue weighted by atomic mass is 10.0. The molecule has 0 spiro atoms. The van der Waals surface area contributed by atoms with Crippen LogP contribution in [0.5, 0.6) is 5.75 Å². The fraction of sp³-hybridized carbons (Fsp3) is 0.294. The number of aromatic nitrogens is 1. The fourth-order valence-corrected chi connectivity index (χ4v) is 3.36. The highest BCUT2D eigenvalue weighted by Gasteiger charge is 2.36. The zero-order valence-corrected chi connectivity index (χ0v) is 14.3. The number of ether oxygens (including phenoxy) is 1. The quantitative estimate of drug-likeness (QED) is 0.665. The Labute approximate surface area is 147 Å². The summed E-state index contributed by atoms with van der Waals surface area (Å²) in [6.07, 6.45) is -0.911. The van der Waals surface area contributed by atoms with Crippen LogP contribution in [0.1, 0.15) is 34.1 Å². The number of halogens is 1. The summed E-state index contributed by atoms with van der Waals surface area (Å²) < 4.78 is 19.8. The molecule has 1 amide bonds. The molecule has 1 aromatic carbocycles. The number of aliphatic hydroxyl groups is 2. The van der Waals surface area contributed by atoms with E-state index in [9.17, 15) is 19.4 Å². The number of nitrogens with two attached hydrogens (primary N) is 1. The average Bonchev–Trinajstić information content (AvgIpc) is 2.94. The summed E-state index contributed by atoms with van der Waals surface area (Å²) >= 11 is 0.970. The molecule has 8 heteroatoms. The number of primary amides is 1. The zero-order valence-electron chi connectivity index (χ0n) is 13.5. The van der Waals surface area contributed by atoms with Gasteiger partial charge in [-0.1, -0.05) is 11.8 Å². The third kappa shape index (κ3) is 3.22. The molecule has 2 atom stereocenters. The molecule has 1 aliphatic heterocycles. The molecule has 130 valence electrons. The molecule has 0 aliphatic carbocycles. The Morgan fingerprint density at radius 1 is 1.56 bits per heavy atom. The van der Waals surface area contributed by atoms with Gasteiger partial charge in [-0.05, 0) is 19.9 Å². The first-order chi connectivity index (χ1) is 11.7. The number of hydrogen-bond acceptors (Lipinski definition) is 6. The van der Waals surface area contributed by atoms with E-state index in [1.54, 1.807) is 0 Å². The van der Waals surface area contributed by atoms with Gasteiger partial charge < -0.3 is 20.7 Å². The molecule has 0 saturated heterocycles. The molecular formula is C17H15FN2O4S. The van der Waals surface area contributed by atoms with Crippen LogP contribution in [-0.2, 0) is 5.60 Å². The molecular weight excluding hydrogens is 347 g/mol. The van der Waals surface area contributed by atoms with Crippen LogP contribution in [0.2, 0.25) is 0 Å². The summed E-state index contributed by atoms with van der Waals surface area (Å²) in [6.45, 7) is 2.85. The van der Waals surface area contributed by atoms with Crippen molar-refractivity contribution in [3.8, 4) is 28.8 Å². The number of carbonyl (C=O) groups is 1. The Morgan fingerprint density at radius 2 is 2.28 bits per heavy atom. The summed E-state index contributed by atoms with van der Waals surface area (Å²) in [4.78, 5) is 16.1. The Balaban J connectivity index is 2.25. The fourth-order valence-electron chi connectivity index (χ4n) is 2.39. The lowest BCUT2D eigenvalue weighted by molar-refractivity contribution is 0.0131. The number of carbonyl (C=O) groups excluding carboxylic acids is 1. The second kappa shape index (κ2) is 6.11. The van der Waals surface area contributed by atoms with Crippen molar-refractivity contribution in [2.45, 2.75) is 25.6 Å². The number of fused-ring (bicyclic) bond motifs is 3. The van der Waals surface area contributed by atoms with Gasteiger partial charge in [0.2, 0.25) is 0 Å². The molecule has 1 aromatic heterocycles. The maximum atomic E-state index is 14.2. The van der Waals surface area contributed by atoms with E-state index in [1.165, 1.54) is 19.9 Å². The van der Waals surface area contributed by atoms with E-state index >= 15 is 0 Å². The van der Waals surface area contributed by atoms with Gasteiger partial charge in [0.15, 0.2) is 5.01 Å². The van der Waals surface area contributed by atoms with E-state index in [-0.39, 0.29) is 22.9 Å². The van der Waals surface area contributed by atoms with Crippen LogP contribution in [0.3, 0.4) is 0 Å². The Kier molecular flexibility index (Phi) is 4.24. The molecule has 2 heterocycles. The van der Waals surface area contributed by atoms with Gasteiger partial charge in [0.05, 0.1) is 16.1 Å². The number of benzene rings is 1. The smallest absolute Gasteiger partial charge is 0.277 e. The summed E-state index contributed by atoms with van der Waals surface area (Å²) in [5.74, 6) is 3.87. The molecule has 4 N–H and O–H groups in total. The molecule has 1 unspecified atom stereocenters. The van der Waals surface area contributed by atoms with E-state index in [1.807, 2.05) is 0 Å². The normalized spacial score (nSPS) is 19.6. The van der Waals surface area contributed by atoms with E-state index in [0.29, 0.717) is 16.1 Å². The first kappa shape index (κ1) is 17.4. The van der Waals surface area contributed by atoms with Crippen molar-refractivity contribution in [2.75, 3.05) is 6.61 Å². The molecule has 25 heavy (non-hydrogen) atoms. The van der Waals surface area contributed by atoms with Crippen LogP contribution in [0.25, 0.3) is 11.3 Å². The van der Waals surface area contributed by atoms with Crippen LogP contribution in [-0.4, -0.2) is 33.8 Å². The van der Waals surface area contributed by atoms with E-state index < -0.39 is 23.4 Å². The summed E-state index contributed by atoms with van der Waals surface area (Å²) in [5, 5.41) is 19.9. The SMILES string of the molecule is C[C@H](O)C#Cc1cc2c(cc1F)OCC(C)(O)c1sc(C(N)=O)nc1-2. The third-order valence-electron chi connectivity index (χ3n) is 3.58. The molecule has 3 rings (SSSR count). The van der Waals surface area contributed by atoms with Gasteiger partial charge in [-0.25, -0.2) is 9.37 Å². The first-order valence-corrected chi connectivity index (χ1v) is 8.20. The zero-order chi connectivity index (χ0) is 18.4. The second-order valence-corrected chi connectivity index (χ2v) is 6.90. The van der Waals surface area contributed by atoms with Crippen LogP contribution in [0.4, 0.5) is 4.39 Å². The van der Waals surface area contributed by atoms with Gasteiger partial charge in [0, 0.05) is 11.6 Å². The van der Waals surface area contributed by atoms with Crippen molar-refractivity contribution in [3.63, 3.8) is 0 Å². The van der Waals surface area contributed by atoms with Crippen LogP contribution < -0.4 is 10.5 Å². The number of aliphatic hydroxyl groups excluding tert-OH is 1. The number of rotatable bonds is 1. The topological polar surface area (TPSA) is 106 Å². The Bertz CT molecular complexity index is 925. The minimum absolute atomic E-state index is 0.0408. The minimum Gasteiger partial charge on any atom is -0.489 e. The summed E-state index contributed by atoms with van der Waals surface area (Å²) in [7, 11) is 0. The highest BCUT2D eigenvalue weighted by molar-refractivity contribution is 7.14. The van der Waals surface area contributed by atoms with E-state index in [0.717, 1.165) is 17.4 Å². The highest BCUT2D eigenvalue weighted by Crippen LogP contribution is 2.44. The van der Waals surface area contributed by atoms with Gasteiger partial charge in [0.1, 0.15) is 29.9 Å². The van der Waals surface area contributed by atoms with E-state index in [2.05, 4.69) is 16.8 Å². The largest absolute Gasteiger partial charge is 0.489 e. The second-order valence-electron chi connectivity index (χ2n) is 5.90. The molecule has 0 bridgehead atoms. The average molecular weight is 362 g/mol. The first-order valence-electron chi connectivity index (χ1n) is 7.39. The van der Waals surface area contributed by atoms with Gasteiger partial charge in [-0.2, -0.15) is 0 Å². The standard InChI is InChI=1S/C17H15FN2O4S/c1-8(21)3-4-9-5-10-12(6-11(9)18)24-7-17(2,23)14-13(10)20-16(25-14)15(19)22/h5-6,8,21,23H,7H2,1-2H3,(H2,19,22)/t8-,17?/m0/s1. The van der Waals surface area contributed by atoms with Crippen LogP contribution >= 0.6 is 11.3 Å². The highest BCUT2D eigenvalue weighted by atomic mass is 32.1. The third-order valence-corrected chi connectivity index (χ3v) is 4.90. The predicted molar refractivity (Wildman–Crippen MR) is 89.7 cm³/mol.